The lowest BCUT2D eigenvalue weighted by Crippen LogP contribution is -2.22. The van der Waals surface area contributed by atoms with Crippen molar-refractivity contribution in [3.8, 4) is 5.75 Å². The molecule has 4 rings (SSSR count). The number of nitrogens with zero attached hydrogens (tertiary/aromatic N) is 3. The van der Waals surface area contributed by atoms with E-state index in [4.69, 9.17) is 9.72 Å². The Bertz CT molecular complexity index is 1370. The maximum absolute atomic E-state index is 13.5. The van der Waals surface area contributed by atoms with Crippen LogP contribution in [0.3, 0.4) is 0 Å². The molecule has 4 aromatic rings. The minimum absolute atomic E-state index is 0.218. The summed E-state index contributed by atoms with van der Waals surface area (Å²) in [5.41, 5.74) is 1.86. The number of aromatic nitrogens is 2. The van der Waals surface area contributed by atoms with Crippen LogP contribution in [0.15, 0.2) is 81.1 Å². The average Bonchev–Trinajstić information content (AvgIpc) is 2.82. The third-order valence-corrected chi connectivity index (χ3v) is 5.64. The summed E-state index contributed by atoms with van der Waals surface area (Å²) in [5, 5.41) is 5.00. The monoisotopic (exact) mass is 507 g/mol. The van der Waals surface area contributed by atoms with Gasteiger partial charge < -0.3 is 4.74 Å². The van der Waals surface area contributed by atoms with Crippen LogP contribution in [-0.4, -0.2) is 15.9 Å². The normalized spacial score (nSPS) is 11.4. The molecule has 0 amide bonds. The highest BCUT2D eigenvalue weighted by atomic mass is 79.9. The van der Waals surface area contributed by atoms with Gasteiger partial charge in [-0.3, -0.25) is 4.79 Å². The summed E-state index contributed by atoms with van der Waals surface area (Å²) in [6.07, 6.45) is 4.13. The summed E-state index contributed by atoms with van der Waals surface area (Å²) >= 11 is 3.42. The Kier molecular flexibility index (Phi) is 7.29. The van der Waals surface area contributed by atoms with Crippen molar-refractivity contribution in [3.05, 3.63) is 104 Å². The predicted molar refractivity (Wildman–Crippen MR) is 132 cm³/mol. The number of fused-ring (bicyclic) bond motifs is 1. The third kappa shape index (κ3) is 5.54. The van der Waals surface area contributed by atoms with E-state index < -0.39 is 0 Å². The van der Waals surface area contributed by atoms with Crippen molar-refractivity contribution in [3.63, 3.8) is 0 Å². The van der Waals surface area contributed by atoms with Crippen LogP contribution in [0.2, 0.25) is 0 Å². The fraction of sp³-hybridized carbons (Fsp3) is 0.192. The van der Waals surface area contributed by atoms with Gasteiger partial charge in [0.15, 0.2) is 0 Å². The fourth-order valence-electron chi connectivity index (χ4n) is 3.44. The second-order valence-corrected chi connectivity index (χ2v) is 8.53. The molecule has 0 saturated carbocycles. The smallest absolute Gasteiger partial charge is 0.282 e. The minimum Gasteiger partial charge on any atom is -0.488 e. The van der Waals surface area contributed by atoms with E-state index in [0.29, 0.717) is 34.5 Å². The van der Waals surface area contributed by atoms with Crippen LogP contribution in [-0.2, 0) is 13.0 Å². The van der Waals surface area contributed by atoms with Crippen molar-refractivity contribution in [1.82, 2.24) is 9.66 Å². The van der Waals surface area contributed by atoms with Gasteiger partial charge in [0.1, 0.15) is 24.0 Å². The van der Waals surface area contributed by atoms with Crippen LogP contribution in [0.5, 0.6) is 5.75 Å². The van der Waals surface area contributed by atoms with Gasteiger partial charge in [-0.25, -0.2) is 9.37 Å². The number of para-hydroxylation sites is 1. The van der Waals surface area contributed by atoms with E-state index in [9.17, 15) is 9.18 Å². The Morgan fingerprint density at radius 1 is 1.12 bits per heavy atom. The van der Waals surface area contributed by atoms with E-state index in [-0.39, 0.29) is 18.0 Å². The maximum atomic E-state index is 13.5. The molecule has 3 aromatic carbocycles. The number of benzene rings is 3. The van der Waals surface area contributed by atoms with E-state index in [1.54, 1.807) is 24.4 Å². The Labute approximate surface area is 199 Å². The fourth-order valence-corrected chi connectivity index (χ4v) is 3.80. The molecule has 0 aliphatic rings. The number of unbranched alkanes of at least 4 members (excludes halogenated alkanes) is 1. The van der Waals surface area contributed by atoms with Crippen molar-refractivity contribution in [2.75, 3.05) is 0 Å². The van der Waals surface area contributed by atoms with Gasteiger partial charge in [0.25, 0.3) is 5.56 Å². The molecule has 0 radical (unpaired) electrons. The molecule has 0 saturated heterocycles. The molecule has 0 aliphatic heterocycles. The molecule has 0 N–H and O–H groups in total. The number of aryl methyl sites for hydroxylation is 1. The van der Waals surface area contributed by atoms with E-state index >= 15 is 0 Å². The standard InChI is InChI=1S/C26H23BrFN3O2/c1-2-3-11-25-30-23-13-12-20(27)15-22(23)26(32)31(25)29-16-19-8-4-5-10-24(19)33-17-18-7-6-9-21(28)14-18/h4-10,12-16H,2-3,11,17H2,1H3. The Morgan fingerprint density at radius 2 is 1.97 bits per heavy atom. The molecule has 0 unspecified atom stereocenters. The minimum atomic E-state index is -0.305. The molecule has 168 valence electrons. The van der Waals surface area contributed by atoms with Crippen LogP contribution >= 0.6 is 15.9 Å². The Hall–Kier alpha value is -3.32. The molecule has 0 fully saturated rings. The lowest BCUT2D eigenvalue weighted by molar-refractivity contribution is 0.305. The molecule has 0 spiro atoms. The van der Waals surface area contributed by atoms with E-state index in [1.807, 2.05) is 36.4 Å². The molecular weight excluding hydrogens is 485 g/mol. The van der Waals surface area contributed by atoms with Crippen LogP contribution in [0.25, 0.3) is 10.9 Å². The molecule has 1 heterocycles. The topological polar surface area (TPSA) is 56.5 Å². The third-order valence-electron chi connectivity index (χ3n) is 5.14. The van der Waals surface area contributed by atoms with Gasteiger partial charge >= 0.3 is 0 Å². The number of rotatable bonds is 8. The zero-order chi connectivity index (χ0) is 23.2. The van der Waals surface area contributed by atoms with Gasteiger partial charge in [0.2, 0.25) is 0 Å². The van der Waals surface area contributed by atoms with Crippen molar-refractivity contribution >= 4 is 33.0 Å². The molecule has 0 bridgehead atoms. The van der Waals surface area contributed by atoms with Crippen LogP contribution < -0.4 is 10.3 Å². The quantitative estimate of drug-likeness (QED) is 0.270. The first-order valence-corrected chi connectivity index (χ1v) is 11.6. The first-order chi connectivity index (χ1) is 16.0. The molecule has 0 aliphatic carbocycles. The molecule has 0 atom stereocenters. The first-order valence-electron chi connectivity index (χ1n) is 10.8. The molecule has 1 aromatic heterocycles. The van der Waals surface area contributed by atoms with Gasteiger partial charge in [0, 0.05) is 16.5 Å². The highest BCUT2D eigenvalue weighted by Crippen LogP contribution is 2.19. The van der Waals surface area contributed by atoms with Gasteiger partial charge in [0.05, 0.1) is 17.1 Å². The number of hydrogen-bond donors (Lipinski definition) is 0. The summed E-state index contributed by atoms with van der Waals surface area (Å²) in [5.74, 6) is 0.900. The summed E-state index contributed by atoms with van der Waals surface area (Å²) < 4.78 is 21.5. The second kappa shape index (κ2) is 10.5. The van der Waals surface area contributed by atoms with Gasteiger partial charge in [-0.2, -0.15) is 9.78 Å². The summed E-state index contributed by atoms with van der Waals surface area (Å²) in [4.78, 5) is 17.9. The maximum Gasteiger partial charge on any atom is 0.282 e. The first kappa shape index (κ1) is 22.9. The molecular formula is C26H23BrFN3O2. The predicted octanol–water partition coefficient (Wildman–Crippen LogP) is 6.10. The highest BCUT2D eigenvalue weighted by Gasteiger charge is 2.11. The second-order valence-electron chi connectivity index (χ2n) is 7.61. The van der Waals surface area contributed by atoms with Crippen LogP contribution in [0.4, 0.5) is 4.39 Å². The van der Waals surface area contributed by atoms with E-state index in [0.717, 1.165) is 22.9 Å². The summed E-state index contributed by atoms with van der Waals surface area (Å²) in [6.45, 7) is 2.31. The number of halogens is 2. The largest absolute Gasteiger partial charge is 0.488 e. The molecule has 33 heavy (non-hydrogen) atoms. The highest BCUT2D eigenvalue weighted by molar-refractivity contribution is 9.10. The SMILES string of the molecule is CCCCc1nc2ccc(Br)cc2c(=O)n1N=Cc1ccccc1OCc1cccc(F)c1. The zero-order valence-corrected chi connectivity index (χ0v) is 19.8. The van der Waals surface area contributed by atoms with Gasteiger partial charge in [-0.15, -0.1) is 0 Å². The number of hydrogen-bond acceptors (Lipinski definition) is 4. The lowest BCUT2D eigenvalue weighted by Gasteiger charge is -2.11. The Balaban J connectivity index is 1.68. The van der Waals surface area contributed by atoms with Crippen molar-refractivity contribution in [2.45, 2.75) is 32.8 Å². The van der Waals surface area contributed by atoms with Crippen molar-refractivity contribution < 1.29 is 9.13 Å². The van der Waals surface area contributed by atoms with Crippen molar-refractivity contribution in [2.24, 2.45) is 5.10 Å². The lowest BCUT2D eigenvalue weighted by atomic mass is 10.2. The van der Waals surface area contributed by atoms with Crippen LogP contribution in [0, 0.1) is 5.82 Å². The van der Waals surface area contributed by atoms with Crippen LogP contribution in [0.1, 0.15) is 36.7 Å². The van der Waals surface area contributed by atoms with Crippen molar-refractivity contribution in [1.29, 1.82) is 0 Å². The van der Waals surface area contributed by atoms with E-state index in [2.05, 4.69) is 28.0 Å². The summed E-state index contributed by atoms with van der Waals surface area (Å²) in [7, 11) is 0. The Morgan fingerprint density at radius 3 is 2.79 bits per heavy atom. The summed E-state index contributed by atoms with van der Waals surface area (Å²) in [6, 6.07) is 19.1. The molecule has 5 nitrogen and oxygen atoms in total. The molecule has 7 heteroatoms. The number of ether oxygens (including phenoxy) is 1. The van der Waals surface area contributed by atoms with Gasteiger partial charge in [-0.05, 0) is 54.4 Å². The zero-order valence-electron chi connectivity index (χ0n) is 18.2. The van der Waals surface area contributed by atoms with Gasteiger partial charge in [-0.1, -0.05) is 53.5 Å². The van der Waals surface area contributed by atoms with E-state index in [1.165, 1.54) is 16.8 Å². The average molecular weight is 508 g/mol.